The van der Waals surface area contributed by atoms with Crippen molar-refractivity contribution < 1.29 is 9.90 Å². The number of benzene rings is 1. The highest BCUT2D eigenvalue weighted by Crippen LogP contribution is 2.09. The molecule has 1 atom stereocenters. The highest BCUT2D eigenvalue weighted by molar-refractivity contribution is 5.75. The van der Waals surface area contributed by atoms with Crippen LogP contribution in [0.25, 0.3) is 0 Å². The van der Waals surface area contributed by atoms with Crippen LogP contribution < -0.4 is 5.32 Å². The van der Waals surface area contributed by atoms with Crippen molar-refractivity contribution >= 4 is 5.91 Å². The lowest BCUT2D eigenvalue weighted by Gasteiger charge is -2.10. The molecule has 1 aromatic rings. The smallest absolute Gasteiger partial charge is 0.220 e. The standard InChI is InChI=1S/C17H27NO2/c1-2-3-4-8-11-16(19)12-13-17(20)18-14-15-9-6-5-7-10-15/h5-7,9-10,16,19H,2-4,8,11-14H2,1H3,(H,18,20)/t16-/m0/s1. The van der Waals surface area contributed by atoms with Crippen molar-refractivity contribution in [2.75, 3.05) is 0 Å². The van der Waals surface area contributed by atoms with Crippen molar-refractivity contribution in [2.45, 2.75) is 64.5 Å². The summed E-state index contributed by atoms with van der Waals surface area (Å²) in [6, 6.07) is 9.86. The number of unbranched alkanes of at least 4 members (excludes halogenated alkanes) is 3. The molecular formula is C17H27NO2. The van der Waals surface area contributed by atoms with E-state index in [0.29, 0.717) is 19.4 Å². The number of hydrogen-bond donors (Lipinski definition) is 2. The molecule has 1 amide bonds. The molecule has 1 aromatic carbocycles. The molecule has 3 heteroatoms. The van der Waals surface area contributed by atoms with Gasteiger partial charge in [0.25, 0.3) is 0 Å². The van der Waals surface area contributed by atoms with Crippen LogP contribution in [0.5, 0.6) is 0 Å². The molecule has 0 aliphatic heterocycles. The largest absolute Gasteiger partial charge is 0.393 e. The fraction of sp³-hybridized carbons (Fsp3) is 0.588. The van der Waals surface area contributed by atoms with E-state index in [0.717, 1.165) is 18.4 Å². The van der Waals surface area contributed by atoms with Crippen LogP contribution in [-0.4, -0.2) is 17.1 Å². The lowest BCUT2D eigenvalue weighted by atomic mass is 10.1. The number of nitrogens with one attached hydrogen (secondary N) is 1. The van der Waals surface area contributed by atoms with Gasteiger partial charge < -0.3 is 10.4 Å². The average Bonchev–Trinajstić information content (AvgIpc) is 2.48. The van der Waals surface area contributed by atoms with Gasteiger partial charge in [0.2, 0.25) is 5.91 Å². The molecule has 0 heterocycles. The van der Waals surface area contributed by atoms with Crippen molar-refractivity contribution in [1.82, 2.24) is 5.32 Å². The molecule has 0 saturated heterocycles. The second kappa shape index (κ2) is 10.4. The van der Waals surface area contributed by atoms with Crippen molar-refractivity contribution in [3.8, 4) is 0 Å². The predicted octanol–water partition coefficient (Wildman–Crippen LogP) is 3.41. The van der Waals surface area contributed by atoms with Gasteiger partial charge in [-0.15, -0.1) is 0 Å². The third-order valence-electron chi connectivity index (χ3n) is 3.43. The van der Waals surface area contributed by atoms with Gasteiger partial charge in [0, 0.05) is 13.0 Å². The maximum Gasteiger partial charge on any atom is 0.220 e. The number of rotatable bonds is 10. The van der Waals surface area contributed by atoms with Gasteiger partial charge >= 0.3 is 0 Å². The van der Waals surface area contributed by atoms with Crippen LogP contribution in [0.1, 0.15) is 57.4 Å². The first-order chi connectivity index (χ1) is 9.72. The third-order valence-corrected chi connectivity index (χ3v) is 3.43. The number of hydrogen-bond acceptors (Lipinski definition) is 2. The monoisotopic (exact) mass is 277 g/mol. The van der Waals surface area contributed by atoms with Crippen LogP contribution in [0.3, 0.4) is 0 Å². The second-order valence-corrected chi connectivity index (χ2v) is 5.30. The minimum Gasteiger partial charge on any atom is -0.393 e. The van der Waals surface area contributed by atoms with Gasteiger partial charge in [-0.2, -0.15) is 0 Å². The SMILES string of the molecule is CCCCCC[C@H](O)CCC(=O)NCc1ccccc1. The molecule has 1 rings (SSSR count). The number of amides is 1. The highest BCUT2D eigenvalue weighted by Gasteiger charge is 2.07. The lowest BCUT2D eigenvalue weighted by Crippen LogP contribution is -2.24. The van der Waals surface area contributed by atoms with E-state index >= 15 is 0 Å². The van der Waals surface area contributed by atoms with E-state index < -0.39 is 0 Å². The van der Waals surface area contributed by atoms with Crippen molar-refractivity contribution in [3.05, 3.63) is 35.9 Å². The maximum absolute atomic E-state index is 11.7. The zero-order valence-electron chi connectivity index (χ0n) is 12.5. The molecule has 20 heavy (non-hydrogen) atoms. The van der Waals surface area contributed by atoms with Gasteiger partial charge in [0.05, 0.1) is 6.10 Å². The van der Waals surface area contributed by atoms with Crippen LogP contribution in [-0.2, 0) is 11.3 Å². The Kier molecular flexibility index (Phi) is 8.72. The zero-order chi connectivity index (χ0) is 14.6. The summed E-state index contributed by atoms with van der Waals surface area (Å²) in [4.78, 5) is 11.7. The minimum absolute atomic E-state index is 0.0152. The number of carbonyl (C=O) groups excluding carboxylic acids is 1. The third kappa shape index (κ3) is 7.95. The quantitative estimate of drug-likeness (QED) is 0.644. The summed E-state index contributed by atoms with van der Waals surface area (Å²) in [5, 5.41) is 12.7. The Balaban J connectivity index is 2.07. The van der Waals surface area contributed by atoms with Crippen molar-refractivity contribution in [1.29, 1.82) is 0 Å². The molecule has 2 N–H and O–H groups in total. The summed E-state index contributed by atoms with van der Waals surface area (Å²) in [5.74, 6) is 0.0152. The number of aliphatic hydroxyl groups excluding tert-OH is 1. The van der Waals surface area contributed by atoms with Crippen LogP contribution in [0.4, 0.5) is 0 Å². The molecule has 0 unspecified atom stereocenters. The van der Waals surface area contributed by atoms with E-state index in [-0.39, 0.29) is 12.0 Å². The number of carbonyl (C=O) groups is 1. The Morgan fingerprint density at radius 1 is 1.15 bits per heavy atom. The Bertz CT molecular complexity index is 365. The van der Waals surface area contributed by atoms with E-state index in [2.05, 4.69) is 12.2 Å². The Morgan fingerprint density at radius 3 is 2.60 bits per heavy atom. The van der Waals surface area contributed by atoms with Gasteiger partial charge in [-0.1, -0.05) is 62.9 Å². The van der Waals surface area contributed by atoms with E-state index in [1.54, 1.807) is 0 Å². The van der Waals surface area contributed by atoms with Crippen LogP contribution in [0.2, 0.25) is 0 Å². The fourth-order valence-electron chi connectivity index (χ4n) is 2.13. The summed E-state index contributed by atoms with van der Waals surface area (Å²) in [7, 11) is 0. The molecule has 3 nitrogen and oxygen atoms in total. The summed E-state index contributed by atoms with van der Waals surface area (Å²) in [5.41, 5.74) is 1.10. The Hall–Kier alpha value is -1.35. The minimum atomic E-state index is -0.339. The molecule has 112 valence electrons. The molecule has 0 fully saturated rings. The van der Waals surface area contributed by atoms with E-state index in [1.165, 1.54) is 19.3 Å². The molecule has 0 bridgehead atoms. The first-order valence-electron chi connectivity index (χ1n) is 7.71. The Labute approximate surface area is 122 Å². The van der Waals surface area contributed by atoms with E-state index in [1.807, 2.05) is 30.3 Å². The van der Waals surface area contributed by atoms with Crippen molar-refractivity contribution in [2.24, 2.45) is 0 Å². The van der Waals surface area contributed by atoms with Crippen molar-refractivity contribution in [3.63, 3.8) is 0 Å². The summed E-state index contributed by atoms with van der Waals surface area (Å²) >= 11 is 0. The molecule has 0 aromatic heterocycles. The zero-order valence-corrected chi connectivity index (χ0v) is 12.5. The van der Waals surface area contributed by atoms with E-state index in [9.17, 15) is 9.90 Å². The van der Waals surface area contributed by atoms with E-state index in [4.69, 9.17) is 0 Å². The highest BCUT2D eigenvalue weighted by atomic mass is 16.3. The number of aliphatic hydroxyl groups is 1. The van der Waals surface area contributed by atoms with Gasteiger partial charge in [-0.05, 0) is 18.4 Å². The molecule has 0 saturated carbocycles. The van der Waals surface area contributed by atoms with Crippen LogP contribution in [0.15, 0.2) is 30.3 Å². The Morgan fingerprint density at radius 2 is 1.90 bits per heavy atom. The topological polar surface area (TPSA) is 49.3 Å². The van der Waals surface area contributed by atoms with Gasteiger partial charge in [0.1, 0.15) is 0 Å². The molecule has 0 aliphatic rings. The lowest BCUT2D eigenvalue weighted by molar-refractivity contribution is -0.121. The van der Waals surface area contributed by atoms with Crippen LogP contribution >= 0.6 is 0 Å². The fourth-order valence-corrected chi connectivity index (χ4v) is 2.13. The summed E-state index contributed by atoms with van der Waals surface area (Å²) in [6.45, 7) is 2.74. The van der Waals surface area contributed by atoms with Crippen LogP contribution in [0, 0.1) is 0 Å². The first kappa shape index (κ1) is 16.7. The first-order valence-corrected chi connectivity index (χ1v) is 7.71. The van der Waals surface area contributed by atoms with Gasteiger partial charge in [-0.25, -0.2) is 0 Å². The summed E-state index contributed by atoms with van der Waals surface area (Å²) < 4.78 is 0. The summed E-state index contributed by atoms with van der Waals surface area (Å²) in [6.07, 6.45) is 6.10. The van der Waals surface area contributed by atoms with Gasteiger partial charge in [-0.3, -0.25) is 4.79 Å². The van der Waals surface area contributed by atoms with Gasteiger partial charge in [0.15, 0.2) is 0 Å². The maximum atomic E-state index is 11.7. The normalized spacial score (nSPS) is 12.1. The molecule has 0 radical (unpaired) electrons. The predicted molar refractivity (Wildman–Crippen MR) is 82.3 cm³/mol. The molecular weight excluding hydrogens is 250 g/mol. The molecule has 0 spiro atoms. The second-order valence-electron chi connectivity index (χ2n) is 5.30. The average molecular weight is 277 g/mol. The molecule has 0 aliphatic carbocycles.